The molecule has 0 spiro atoms. The molecule has 130 valence electrons. The van der Waals surface area contributed by atoms with E-state index in [-0.39, 0.29) is 11.5 Å². The Bertz CT molecular complexity index is 919. The van der Waals surface area contributed by atoms with Crippen LogP contribution >= 0.6 is 15.9 Å². The number of azo groups is 1. The van der Waals surface area contributed by atoms with Gasteiger partial charge in [0, 0.05) is 4.47 Å². The Hall–Kier alpha value is -3.13. The smallest absolute Gasteiger partial charge is 0.365 e. The molecule has 0 atom stereocenters. The van der Waals surface area contributed by atoms with Crippen molar-refractivity contribution in [2.45, 2.75) is 6.61 Å². The van der Waals surface area contributed by atoms with Gasteiger partial charge in [-0.05, 0) is 35.4 Å². The second-order valence-corrected chi connectivity index (χ2v) is 6.17. The quantitative estimate of drug-likeness (QED) is 0.581. The lowest BCUT2D eigenvalue weighted by atomic mass is 10.2. The van der Waals surface area contributed by atoms with Gasteiger partial charge in [-0.3, -0.25) is 5.32 Å². The Morgan fingerprint density at radius 2 is 2.00 bits per heavy atom. The van der Waals surface area contributed by atoms with Crippen LogP contribution in [0.5, 0.6) is 5.75 Å². The minimum absolute atomic E-state index is 0.170. The SMILES string of the molecule is C=C1N=NC(=O)N/C1=N/N=C/c1cccc(OCc2ccc(Br)cc2)c1. The van der Waals surface area contributed by atoms with Crippen LogP contribution in [-0.2, 0) is 6.61 Å². The number of nitrogens with one attached hydrogen (secondary N) is 1. The maximum atomic E-state index is 11.1. The normalized spacial score (nSPS) is 15.5. The van der Waals surface area contributed by atoms with Gasteiger partial charge in [-0.2, -0.15) is 5.10 Å². The summed E-state index contributed by atoms with van der Waals surface area (Å²) < 4.78 is 6.82. The fourth-order valence-corrected chi connectivity index (χ4v) is 2.28. The Morgan fingerprint density at radius 1 is 1.19 bits per heavy atom. The Labute approximate surface area is 158 Å². The summed E-state index contributed by atoms with van der Waals surface area (Å²) in [5.74, 6) is 0.887. The molecule has 0 fully saturated rings. The van der Waals surface area contributed by atoms with Gasteiger partial charge in [-0.25, -0.2) is 4.79 Å². The number of urea groups is 1. The summed E-state index contributed by atoms with van der Waals surface area (Å²) in [5.41, 5.74) is 2.12. The number of halogens is 1. The molecule has 2 aromatic carbocycles. The van der Waals surface area contributed by atoms with Crippen molar-refractivity contribution in [3.05, 3.63) is 76.4 Å². The zero-order valence-electron chi connectivity index (χ0n) is 13.6. The number of rotatable bonds is 5. The number of amides is 2. The van der Waals surface area contributed by atoms with Gasteiger partial charge in [0.2, 0.25) is 0 Å². The highest BCUT2D eigenvalue weighted by Gasteiger charge is 2.13. The van der Waals surface area contributed by atoms with E-state index >= 15 is 0 Å². The number of amidine groups is 1. The van der Waals surface area contributed by atoms with Crippen molar-refractivity contribution in [3.8, 4) is 5.75 Å². The zero-order chi connectivity index (χ0) is 18.4. The predicted octanol–water partition coefficient (Wildman–Crippen LogP) is 4.45. The van der Waals surface area contributed by atoms with Gasteiger partial charge in [0.05, 0.1) is 6.21 Å². The van der Waals surface area contributed by atoms with Crippen LogP contribution in [0.4, 0.5) is 4.79 Å². The van der Waals surface area contributed by atoms with Crippen LogP contribution in [0.25, 0.3) is 0 Å². The third kappa shape index (κ3) is 4.93. The first-order valence-electron chi connectivity index (χ1n) is 7.60. The van der Waals surface area contributed by atoms with Crippen molar-refractivity contribution in [1.82, 2.24) is 5.32 Å². The van der Waals surface area contributed by atoms with E-state index in [1.807, 2.05) is 48.5 Å². The van der Waals surface area contributed by atoms with Crippen molar-refractivity contribution in [2.24, 2.45) is 20.4 Å². The Morgan fingerprint density at radius 3 is 2.81 bits per heavy atom. The average Bonchev–Trinajstić information content (AvgIpc) is 2.64. The molecular weight excluding hydrogens is 398 g/mol. The molecule has 0 aromatic heterocycles. The number of ether oxygens (including phenoxy) is 1. The van der Waals surface area contributed by atoms with Crippen molar-refractivity contribution >= 4 is 34.0 Å². The van der Waals surface area contributed by atoms with Crippen molar-refractivity contribution < 1.29 is 9.53 Å². The Kier molecular flexibility index (Phi) is 5.65. The van der Waals surface area contributed by atoms with Crippen molar-refractivity contribution in [2.75, 3.05) is 0 Å². The van der Waals surface area contributed by atoms with E-state index in [0.29, 0.717) is 12.4 Å². The molecule has 1 heterocycles. The highest BCUT2D eigenvalue weighted by molar-refractivity contribution is 9.10. The van der Waals surface area contributed by atoms with Gasteiger partial charge in [0.25, 0.3) is 0 Å². The van der Waals surface area contributed by atoms with Gasteiger partial charge in [-0.1, -0.05) is 51.9 Å². The van der Waals surface area contributed by atoms with E-state index in [1.54, 1.807) is 6.21 Å². The fourth-order valence-electron chi connectivity index (χ4n) is 2.02. The maximum Gasteiger partial charge on any atom is 0.365 e. The topological polar surface area (TPSA) is 87.8 Å². The third-order valence-corrected chi connectivity index (χ3v) is 3.83. The van der Waals surface area contributed by atoms with E-state index in [4.69, 9.17) is 4.74 Å². The van der Waals surface area contributed by atoms with Gasteiger partial charge >= 0.3 is 6.03 Å². The number of benzene rings is 2. The Balaban J connectivity index is 1.63. The monoisotopic (exact) mass is 411 g/mol. The summed E-state index contributed by atoms with van der Waals surface area (Å²) in [6, 6.07) is 14.8. The zero-order valence-corrected chi connectivity index (χ0v) is 15.2. The maximum absolute atomic E-state index is 11.1. The van der Waals surface area contributed by atoms with Gasteiger partial charge in [0.1, 0.15) is 18.1 Å². The van der Waals surface area contributed by atoms with E-state index in [0.717, 1.165) is 15.6 Å². The van der Waals surface area contributed by atoms with Gasteiger partial charge in [0.15, 0.2) is 5.84 Å². The molecule has 1 N–H and O–H groups in total. The number of hydrogen-bond acceptors (Lipinski definition) is 5. The molecule has 0 aliphatic carbocycles. The number of carbonyl (C=O) groups excluding carboxylic acids is 1. The standard InChI is InChI=1S/C18H14BrN5O2/c1-12-17(21-18(25)24-22-12)23-20-10-14-3-2-4-16(9-14)26-11-13-5-7-15(19)8-6-13/h2-10H,1,11H2,(H,21,23,25)/b20-10+. The van der Waals surface area contributed by atoms with E-state index in [9.17, 15) is 4.79 Å². The van der Waals surface area contributed by atoms with Crippen LogP contribution in [0.3, 0.4) is 0 Å². The molecule has 0 bridgehead atoms. The van der Waals surface area contributed by atoms with Gasteiger partial charge in [-0.15, -0.1) is 10.2 Å². The molecule has 2 aromatic rings. The third-order valence-electron chi connectivity index (χ3n) is 3.30. The van der Waals surface area contributed by atoms with Crippen LogP contribution in [0.2, 0.25) is 0 Å². The lowest BCUT2D eigenvalue weighted by Crippen LogP contribution is -2.31. The number of hydrogen-bond donors (Lipinski definition) is 1. The van der Waals surface area contributed by atoms with Crippen LogP contribution < -0.4 is 10.1 Å². The molecule has 3 rings (SSSR count). The molecule has 8 heteroatoms. The van der Waals surface area contributed by atoms with E-state index in [2.05, 4.69) is 48.3 Å². The van der Waals surface area contributed by atoms with Crippen molar-refractivity contribution in [1.29, 1.82) is 0 Å². The molecule has 7 nitrogen and oxygen atoms in total. The molecule has 0 saturated carbocycles. The molecule has 0 radical (unpaired) electrons. The van der Waals surface area contributed by atoms with Gasteiger partial charge < -0.3 is 4.74 Å². The molecule has 1 aliphatic rings. The number of carbonyl (C=O) groups is 1. The second kappa shape index (κ2) is 8.30. The van der Waals surface area contributed by atoms with Crippen LogP contribution in [-0.4, -0.2) is 18.1 Å². The minimum Gasteiger partial charge on any atom is -0.489 e. The van der Waals surface area contributed by atoms with Crippen molar-refractivity contribution in [3.63, 3.8) is 0 Å². The average molecular weight is 412 g/mol. The summed E-state index contributed by atoms with van der Waals surface area (Å²) in [4.78, 5) is 11.1. The lowest BCUT2D eigenvalue weighted by molar-refractivity contribution is 0.251. The minimum atomic E-state index is -0.602. The molecule has 0 saturated heterocycles. The van der Waals surface area contributed by atoms with Crippen LogP contribution in [0, 0.1) is 0 Å². The number of nitrogens with zero attached hydrogens (tertiary/aromatic N) is 4. The molecule has 1 aliphatic heterocycles. The largest absolute Gasteiger partial charge is 0.489 e. The summed E-state index contributed by atoms with van der Waals surface area (Å²) in [7, 11) is 0. The highest BCUT2D eigenvalue weighted by Crippen LogP contribution is 2.16. The first kappa shape index (κ1) is 17.7. The molecule has 26 heavy (non-hydrogen) atoms. The lowest BCUT2D eigenvalue weighted by Gasteiger charge is -2.07. The summed E-state index contributed by atoms with van der Waals surface area (Å²) >= 11 is 3.41. The highest BCUT2D eigenvalue weighted by atomic mass is 79.9. The van der Waals surface area contributed by atoms with E-state index in [1.165, 1.54) is 0 Å². The second-order valence-electron chi connectivity index (χ2n) is 5.26. The molecule has 2 amide bonds. The molecular formula is C18H14BrN5O2. The molecule has 0 unspecified atom stereocenters. The first-order chi connectivity index (χ1) is 12.6. The summed E-state index contributed by atoms with van der Waals surface area (Å²) in [6.45, 7) is 4.09. The van der Waals surface area contributed by atoms with E-state index < -0.39 is 6.03 Å². The summed E-state index contributed by atoms with van der Waals surface area (Å²) in [5, 5.41) is 17.2. The van der Waals surface area contributed by atoms with Crippen LogP contribution in [0.15, 0.2) is 85.7 Å². The van der Waals surface area contributed by atoms with Crippen LogP contribution in [0.1, 0.15) is 11.1 Å². The summed E-state index contributed by atoms with van der Waals surface area (Å²) in [6.07, 6.45) is 1.55. The fraction of sp³-hybridized carbons (Fsp3) is 0.0556. The first-order valence-corrected chi connectivity index (χ1v) is 8.40. The predicted molar refractivity (Wildman–Crippen MR) is 102 cm³/mol.